The molecule has 66 valence electrons. The van der Waals surface area contributed by atoms with Crippen molar-refractivity contribution in [1.29, 1.82) is 0 Å². The Morgan fingerprint density at radius 2 is 2.23 bits per heavy atom. The van der Waals surface area contributed by atoms with E-state index in [-0.39, 0.29) is 0 Å². The Kier molecular flexibility index (Phi) is 2.01. The lowest BCUT2D eigenvalue weighted by molar-refractivity contribution is 0.112. The summed E-state index contributed by atoms with van der Waals surface area (Å²) in [5.74, 6) is 0. The predicted molar refractivity (Wildman–Crippen MR) is 58.9 cm³/mol. The van der Waals surface area contributed by atoms with Crippen LogP contribution < -0.4 is 5.73 Å². The van der Waals surface area contributed by atoms with Crippen LogP contribution in [0.25, 0.3) is 10.1 Å². The maximum atomic E-state index is 10.5. The average Bonchev–Trinajstić information content (AvgIpc) is 2.42. The first-order valence-corrected chi connectivity index (χ1v) is 4.95. The van der Waals surface area contributed by atoms with E-state index in [9.17, 15) is 4.79 Å². The number of benzene rings is 1. The van der Waals surface area contributed by atoms with E-state index in [1.54, 1.807) is 6.07 Å². The van der Waals surface area contributed by atoms with Crippen LogP contribution in [0.4, 0.5) is 5.69 Å². The van der Waals surface area contributed by atoms with Gasteiger partial charge in [0.2, 0.25) is 0 Å². The highest BCUT2D eigenvalue weighted by atomic mass is 32.2. The Balaban J connectivity index is 2.79. The number of carbonyl (C=O) groups excluding carboxylic acids is 1. The Hall–Kier alpha value is -1.00. The number of thiol groups is 1. The zero-order valence-corrected chi connectivity index (χ0v) is 8.36. The molecule has 0 aliphatic carbocycles. The van der Waals surface area contributed by atoms with Crippen LogP contribution in [0.2, 0.25) is 0 Å². The molecule has 0 saturated heterocycles. The van der Waals surface area contributed by atoms with Gasteiger partial charge in [-0.3, -0.25) is 4.79 Å². The van der Waals surface area contributed by atoms with Crippen molar-refractivity contribution in [2.45, 2.75) is 4.21 Å². The first kappa shape index (κ1) is 8.59. The molecule has 0 radical (unpaired) electrons. The number of thiophene rings is 1. The van der Waals surface area contributed by atoms with Crippen molar-refractivity contribution in [2.24, 2.45) is 0 Å². The minimum Gasteiger partial charge on any atom is -0.397 e. The van der Waals surface area contributed by atoms with E-state index in [1.165, 1.54) is 11.3 Å². The fourth-order valence-electron chi connectivity index (χ4n) is 1.19. The molecule has 0 unspecified atom stereocenters. The molecule has 1 aromatic carbocycles. The second-order valence-corrected chi connectivity index (χ2v) is 4.50. The normalized spacial score (nSPS) is 10.5. The summed E-state index contributed by atoms with van der Waals surface area (Å²) in [7, 11) is 0. The zero-order chi connectivity index (χ0) is 9.42. The van der Waals surface area contributed by atoms with Crippen molar-refractivity contribution in [3.63, 3.8) is 0 Å². The van der Waals surface area contributed by atoms with Gasteiger partial charge in [-0.1, -0.05) is 12.1 Å². The summed E-state index contributed by atoms with van der Waals surface area (Å²) in [6.45, 7) is 0. The van der Waals surface area contributed by atoms with Gasteiger partial charge >= 0.3 is 0 Å². The fourth-order valence-corrected chi connectivity index (χ4v) is 2.52. The van der Waals surface area contributed by atoms with E-state index in [0.29, 0.717) is 11.3 Å². The Labute approximate surface area is 84.8 Å². The number of aldehydes is 1. The number of fused-ring (bicyclic) bond motifs is 1. The Morgan fingerprint density at radius 3 is 2.92 bits per heavy atom. The zero-order valence-electron chi connectivity index (χ0n) is 6.65. The molecule has 0 bridgehead atoms. The second kappa shape index (κ2) is 3.05. The van der Waals surface area contributed by atoms with Gasteiger partial charge in [-0.15, -0.1) is 24.0 Å². The number of nitrogens with two attached hydrogens (primary N) is 1. The first-order chi connectivity index (χ1) is 6.22. The third-order valence-electron chi connectivity index (χ3n) is 1.87. The van der Waals surface area contributed by atoms with Crippen molar-refractivity contribution >= 4 is 46.0 Å². The molecule has 1 heterocycles. The first-order valence-electron chi connectivity index (χ1n) is 3.68. The molecular formula is C9H7NOS2. The van der Waals surface area contributed by atoms with E-state index in [0.717, 1.165) is 20.6 Å². The van der Waals surface area contributed by atoms with Gasteiger partial charge in [-0.2, -0.15) is 0 Å². The van der Waals surface area contributed by atoms with Crippen LogP contribution in [-0.2, 0) is 0 Å². The summed E-state index contributed by atoms with van der Waals surface area (Å²) in [4.78, 5) is 10.5. The highest BCUT2D eigenvalue weighted by molar-refractivity contribution is 7.83. The average molecular weight is 209 g/mol. The number of carbonyl (C=O) groups is 1. The summed E-state index contributed by atoms with van der Waals surface area (Å²) in [6.07, 6.45) is 0.827. The lowest BCUT2D eigenvalue weighted by Gasteiger charge is -1.92. The van der Waals surface area contributed by atoms with Crippen LogP contribution in [0.1, 0.15) is 10.4 Å². The van der Waals surface area contributed by atoms with Crippen molar-refractivity contribution in [2.75, 3.05) is 5.73 Å². The van der Waals surface area contributed by atoms with E-state index in [2.05, 4.69) is 12.6 Å². The number of hydrogen-bond donors (Lipinski definition) is 2. The summed E-state index contributed by atoms with van der Waals surface area (Å²) in [5, 5.41) is 0.973. The van der Waals surface area contributed by atoms with Gasteiger partial charge in [0.05, 0.1) is 9.90 Å². The molecule has 2 N–H and O–H groups in total. The van der Waals surface area contributed by atoms with Crippen LogP contribution in [0.5, 0.6) is 0 Å². The maximum Gasteiger partial charge on any atom is 0.150 e. The summed E-state index contributed by atoms with van der Waals surface area (Å²) in [6, 6.07) is 5.43. The van der Waals surface area contributed by atoms with Gasteiger partial charge in [0.1, 0.15) is 6.29 Å². The number of anilines is 1. The molecule has 0 saturated carbocycles. The van der Waals surface area contributed by atoms with Gasteiger partial charge in [-0.25, -0.2) is 0 Å². The minimum absolute atomic E-state index is 0.669. The lowest BCUT2D eigenvalue weighted by atomic mass is 10.2. The van der Waals surface area contributed by atoms with Crippen molar-refractivity contribution in [3.8, 4) is 0 Å². The largest absolute Gasteiger partial charge is 0.397 e. The van der Waals surface area contributed by atoms with Gasteiger partial charge in [0.15, 0.2) is 0 Å². The predicted octanol–water partition coefficient (Wildman–Crippen LogP) is 2.58. The third kappa shape index (κ3) is 1.32. The summed E-state index contributed by atoms with van der Waals surface area (Å²) >= 11 is 5.71. The standard InChI is InChI=1S/C9H7NOS2/c10-8-6-2-1-5(4-11)3-7(6)13-9(8)12/h1-4,12H,10H2. The molecule has 0 aliphatic heterocycles. The lowest BCUT2D eigenvalue weighted by Crippen LogP contribution is -1.82. The van der Waals surface area contributed by atoms with Gasteiger partial charge in [0.25, 0.3) is 0 Å². The van der Waals surface area contributed by atoms with Gasteiger partial charge in [0, 0.05) is 15.6 Å². The second-order valence-electron chi connectivity index (χ2n) is 2.69. The molecule has 4 heteroatoms. The number of rotatable bonds is 1. The van der Waals surface area contributed by atoms with Gasteiger partial charge in [-0.05, 0) is 6.07 Å². The van der Waals surface area contributed by atoms with Crippen molar-refractivity contribution in [1.82, 2.24) is 0 Å². The molecule has 2 nitrogen and oxygen atoms in total. The topological polar surface area (TPSA) is 43.1 Å². The van der Waals surface area contributed by atoms with Crippen molar-refractivity contribution < 1.29 is 4.79 Å². The van der Waals surface area contributed by atoms with E-state index in [4.69, 9.17) is 5.73 Å². The van der Waals surface area contributed by atoms with Crippen LogP contribution in [0, 0.1) is 0 Å². The number of hydrogen-bond acceptors (Lipinski definition) is 4. The van der Waals surface area contributed by atoms with E-state index < -0.39 is 0 Å². The van der Waals surface area contributed by atoms with Crippen LogP contribution in [0.3, 0.4) is 0 Å². The highest BCUT2D eigenvalue weighted by Crippen LogP contribution is 2.36. The minimum atomic E-state index is 0.669. The van der Waals surface area contributed by atoms with Crippen LogP contribution in [0.15, 0.2) is 22.4 Å². The van der Waals surface area contributed by atoms with Gasteiger partial charge < -0.3 is 5.73 Å². The summed E-state index contributed by atoms with van der Waals surface area (Å²) < 4.78 is 1.81. The molecule has 0 atom stereocenters. The molecule has 0 spiro atoms. The summed E-state index contributed by atoms with van der Waals surface area (Å²) in [5.41, 5.74) is 7.14. The molecule has 0 amide bonds. The van der Waals surface area contributed by atoms with Crippen molar-refractivity contribution in [3.05, 3.63) is 23.8 Å². The SMILES string of the molecule is Nc1c(S)sc2cc(C=O)ccc12. The third-order valence-corrected chi connectivity index (χ3v) is 3.35. The fraction of sp³-hybridized carbons (Fsp3) is 0. The number of nitrogen functional groups attached to an aromatic ring is 1. The molecular weight excluding hydrogens is 202 g/mol. The van der Waals surface area contributed by atoms with Crippen LogP contribution in [-0.4, -0.2) is 6.29 Å². The maximum absolute atomic E-state index is 10.5. The molecule has 0 aliphatic rings. The molecule has 0 fully saturated rings. The molecule has 2 aromatic rings. The molecule has 1 aromatic heterocycles. The Morgan fingerprint density at radius 1 is 1.46 bits per heavy atom. The smallest absolute Gasteiger partial charge is 0.150 e. The molecule has 13 heavy (non-hydrogen) atoms. The highest BCUT2D eigenvalue weighted by Gasteiger charge is 2.06. The Bertz CT molecular complexity index is 476. The van der Waals surface area contributed by atoms with E-state index >= 15 is 0 Å². The van der Waals surface area contributed by atoms with Crippen LogP contribution >= 0.6 is 24.0 Å². The quantitative estimate of drug-likeness (QED) is 0.560. The molecule has 2 rings (SSSR count). The monoisotopic (exact) mass is 209 g/mol. The van der Waals surface area contributed by atoms with E-state index in [1.807, 2.05) is 12.1 Å².